The lowest BCUT2D eigenvalue weighted by Gasteiger charge is -2.21. The van der Waals surface area contributed by atoms with Gasteiger partial charge in [0.25, 0.3) is 0 Å². The molecule has 0 aromatic heterocycles. The number of nitrogens with two attached hydrogens (primary N) is 1. The van der Waals surface area contributed by atoms with Crippen molar-refractivity contribution in [3.63, 3.8) is 0 Å². The fourth-order valence-corrected chi connectivity index (χ4v) is 2.38. The monoisotopic (exact) mass is 220 g/mol. The third-order valence-corrected chi connectivity index (χ3v) is 3.32. The highest BCUT2D eigenvalue weighted by atomic mass is 16.6. The van der Waals surface area contributed by atoms with E-state index in [9.17, 15) is 0 Å². The summed E-state index contributed by atoms with van der Waals surface area (Å²) in [5.41, 5.74) is 4.03. The standard InChI is InChI=1S/C13H20N2O/c1-10-3-4-11(2)13(7-10)15-6-5-12(8-15)9-16-14/h3-4,7,12H,5-6,8-9,14H2,1-2H3. The second-order valence-electron chi connectivity index (χ2n) is 4.72. The van der Waals surface area contributed by atoms with Gasteiger partial charge in [-0.1, -0.05) is 12.1 Å². The minimum atomic E-state index is 0.574. The van der Waals surface area contributed by atoms with Crippen LogP contribution in [0.5, 0.6) is 0 Å². The zero-order valence-corrected chi connectivity index (χ0v) is 10.1. The van der Waals surface area contributed by atoms with Crippen LogP contribution >= 0.6 is 0 Å². The molecular weight excluding hydrogens is 200 g/mol. The zero-order valence-electron chi connectivity index (χ0n) is 10.1. The van der Waals surface area contributed by atoms with Crippen LogP contribution in [0.4, 0.5) is 5.69 Å². The van der Waals surface area contributed by atoms with Crippen molar-refractivity contribution in [2.75, 3.05) is 24.6 Å². The number of aryl methyl sites for hydroxylation is 2. The number of hydrogen-bond acceptors (Lipinski definition) is 3. The number of rotatable bonds is 3. The molecule has 0 radical (unpaired) electrons. The molecule has 2 rings (SSSR count). The Labute approximate surface area is 97.1 Å². The first kappa shape index (κ1) is 11.4. The van der Waals surface area contributed by atoms with Crippen molar-refractivity contribution >= 4 is 5.69 Å². The minimum Gasteiger partial charge on any atom is -0.371 e. The van der Waals surface area contributed by atoms with E-state index < -0.39 is 0 Å². The second kappa shape index (κ2) is 4.85. The number of hydrogen-bond donors (Lipinski definition) is 1. The molecule has 1 aromatic carbocycles. The summed E-state index contributed by atoms with van der Waals surface area (Å²) in [6, 6.07) is 6.62. The Hall–Kier alpha value is -1.06. The Bertz CT molecular complexity index is 365. The lowest BCUT2D eigenvalue weighted by Crippen LogP contribution is -2.22. The molecule has 1 heterocycles. The van der Waals surface area contributed by atoms with Crippen molar-refractivity contribution in [2.45, 2.75) is 20.3 Å². The summed E-state index contributed by atoms with van der Waals surface area (Å²) in [6.45, 7) is 7.14. The van der Waals surface area contributed by atoms with Crippen LogP contribution in [0, 0.1) is 19.8 Å². The summed E-state index contributed by atoms with van der Waals surface area (Å²) in [5, 5.41) is 0. The molecule has 0 amide bonds. The fraction of sp³-hybridized carbons (Fsp3) is 0.538. The lowest BCUT2D eigenvalue weighted by atomic mass is 10.1. The maximum atomic E-state index is 5.13. The first-order valence-electron chi connectivity index (χ1n) is 5.84. The van der Waals surface area contributed by atoms with Gasteiger partial charge in [-0.25, -0.2) is 5.90 Å². The molecule has 0 bridgehead atoms. The van der Waals surface area contributed by atoms with Crippen molar-refractivity contribution < 1.29 is 4.84 Å². The Morgan fingerprint density at radius 1 is 1.44 bits per heavy atom. The first-order chi connectivity index (χ1) is 7.70. The largest absolute Gasteiger partial charge is 0.371 e. The molecule has 1 saturated heterocycles. The van der Waals surface area contributed by atoms with Gasteiger partial charge in [0.2, 0.25) is 0 Å². The zero-order chi connectivity index (χ0) is 11.5. The number of anilines is 1. The molecule has 0 saturated carbocycles. The van der Waals surface area contributed by atoms with Gasteiger partial charge in [-0.05, 0) is 37.5 Å². The third kappa shape index (κ3) is 2.36. The Morgan fingerprint density at radius 3 is 3.00 bits per heavy atom. The molecule has 1 aromatic rings. The summed E-state index contributed by atoms with van der Waals surface area (Å²) >= 11 is 0. The summed E-state index contributed by atoms with van der Waals surface area (Å²) in [5.74, 6) is 5.70. The van der Waals surface area contributed by atoms with Gasteiger partial charge in [-0.2, -0.15) is 0 Å². The Morgan fingerprint density at radius 2 is 2.25 bits per heavy atom. The van der Waals surface area contributed by atoms with Crippen LogP contribution < -0.4 is 10.8 Å². The average molecular weight is 220 g/mol. The van der Waals surface area contributed by atoms with Gasteiger partial charge in [0.15, 0.2) is 0 Å². The molecule has 88 valence electrons. The molecule has 3 heteroatoms. The highest BCUT2D eigenvalue weighted by molar-refractivity contribution is 5.55. The summed E-state index contributed by atoms with van der Waals surface area (Å²) < 4.78 is 0. The summed E-state index contributed by atoms with van der Waals surface area (Å²) in [4.78, 5) is 7.17. The number of nitrogens with zero attached hydrogens (tertiary/aromatic N) is 1. The van der Waals surface area contributed by atoms with E-state index in [4.69, 9.17) is 10.7 Å². The molecule has 16 heavy (non-hydrogen) atoms. The topological polar surface area (TPSA) is 38.5 Å². The fourth-order valence-electron chi connectivity index (χ4n) is 2.38. The van der Waals surface area contributed by atoms with E-state index in [1.807, 2.05) is 0 Å². The summed E-state index contributed by atoms with van der Waals surface area (Å²) in [7, 11) is 0. The molecule has 1 aliphatic heterocycles. The maximum Gasteiger partial charge on any atom is 0.0724 e. The van der Waals surface area contributed by atoms with Gasteiger partial charge < -0.3 is 9.74 Å². The van der Waals surface area contributed by atoms with Crippen LogP contribution in [0.2, 0.25) is 0 Å². The SMILES string of the molecule is Cc1ccc(C)c(N2CCC(CON)C2)c1. The van der Waals surface area contributed by atoms with Gasteiger partial charge in [-0.3, -0.25) is 0 Å². The van der Waals surface area contributed by atoms with Crippen LogP contribution in [0.25, 0.3) is 0 Å². The van der Waals surface area contributed by atoms with Crippen LogP contribution in [-0.2, 0) is 4.84 Å². The van der Waals surface area contributed by atoms with Crippen LogP contribution in [0.15, 0.2) is 18.2 Å². The van der Waals surface area contributed by atoms with Crippen molar-refractivity contribution in [3.05, 3.63) is 29.3 Å². The smallest absolute Gasteiger partial charge is 0.0724 e. The molecule has 1 unspecified atom stereocenters. The van der Waals surface area contributed by atoms with Gasteiger partial charge in [-0.15, -0.1) is 0 Å². The van der Waals surface area contributed by atoms with E-state index in [1.54, 1.807) is 0 Å². The molecule has 3 nitrogen and oxygen atoms in total. The average Bonchev–Trinajstić information content (AvgIpc) is 2.71. The van der Waals surface area contributed by atoms with Crippen molar-refractivity contribution in [2.24, 2.45) is 11.8 Å². The van der Waals surface area contributed by atoms with Crippen molar-refractivity contribution in [3.8, 4) is 0 Å². The van der Waals surface area contributed by atoms with Gasteiger partial charge in [0.05, 0.1) is 6.61 Å². The summed E-state index contributed by atoms with van der Waals surface area (Å²) in [6.07, 6.45) is 1.17. The predicted octanol–water partition coefficient (Wildman–Crippen LogP) is 2.02. The van der Waals surface area contributed by atoms with Crippen LogP contribution in [0.3, 0.4) is 0 Å². The van der Waals surface area contributed by atoms with Crippen LogP contribution in [-0.4, -0.2) is 19.7 Å². The van der Waals surface area contributed by atoms with Crippen LogP contribution in [0.1, 0.15) is 17.5 Å². The number of benzene rings is 1. The second-order valence-corrected chi connectivity index (χ2v) is 4.72. The molecule has 1 fully saturated rings. The maximum absolute atomic E-state index is 5.13. The third-order valence-electron chi connectivity index (χ3n) is 3.32. The van der Waals surface area contributed by atoms with Gasteiger partial charge >= 0.3 is 0 Å². The minimum absolute atomic E-state index is 0.574. The van der Waals surface area contributed by atoms with E-state index in [0.29, 0.717) is 12.5 Å². The van der Waals surface area contributed by atoms with Gasteiger partial charge in [0, 0.05) is 24.7 Å². The molecular formula is C13H20N2O. The quantitative estimate of drug-likeness (QED) is 0.792. The Balaban J connectivity index is 2.11. The normalized spacial score (nSPS) is 20.4. The first-order valence-corrected chi connectivity index (χ1v) is 5.84. The van der Waals surface area contributed by atoms with E-state index in [1.165, 1.54) is 23.2 Å². The molecule has 1 atom stereocenters. The highest BCUT2D eigenvalue weighted by Crippen LogP contribution is 2.27. The van der Waals surface area contributed by atoms with E-state index in [-0.39, 0.29) is 0 Å². The molecule has 0 spiro atoms. The van der Waals surface area contributed by atoms with E-state index >= 15 is 0 Å². The van der Waals surface area contributed by atoms with E-state index in [2.05, 4.69) is 36.9 Å². The molecule has 0 aliphatic carbocycles. The predicted molar refractivity (Wildman–Crippen MR) is 66.4 cm³/mol. The van der Waals surface area contributed by atoms with E-state index in [0.717, 1.165) is 13.1 Å². The van der Waals surface area contributed by atoms with Gasteiger partial charge in [0.1, 0.15) is 0 Å². The van der Waals surface area contributed by atoms with Crippen molar-refractivity contribution in [1.29, 1.82) is 0 Å². The highest BCUT2D eigenvalue weighted by Gasteiger charge is 2.23. The Kier molecular flexibility index (Phi) is 3.46. The molecule has 2 N–H and O–H groups in total. The molecule has 1 aliphatic rings. The lowest BCUT2D eigenvalue weighted by molar-refractivity contribution is 0.108. The van der Waals surface area contributed by atoms with Crippen molar-refractivity contribution in [1.82, 2.24) is 0 Å².